The van der Waals surface area contributed by atoms with Crippen molar-refractivity contribution in [1.82, 2.24) is 4.90 Å². The topological polar surface area (TPSA) is 104 Å². The summed E-state index contributed by atoms with van der Waals surface area (Å²) in [6.07, 6.45) is 0. The molecule has 2 aliphatic rings. The number of hydrogen-bond acceptors (Lipinski definition) is 8. The van der Waals surface area contributed by atoms with Crippen LogP contribution >= 0.6 is 0 Å². The van der Waals surface area contributed by atoms with Crippen LogP contribution in [0.4, 0.5) is 0 Å². The number of carbonyl (C=O) groups excluding carboxylic acids is 3. The van der Waals surface area contributed by atoms with Crippen LogP contribution in [-0.4, -0.2) is 54.9 Å². The predicted molar refractivity (Wildman–Crippen MR) is 103 cm³/mol. The largest absolute Gasteiger partial charge is 0.461 e. The van der Waals surface area contributed by atoms with Crippen LogP contribution in [0.1, 0.15) is 33.2 Å². The number of imide groups is 1. The minimum absolute atomic E-state index is 0.0302. The molecule has 0 bridgehead atoms. The van der Waals surface area contributed by atoms with Gasteiger partial charge in [0.2, 0.25) is 13.4 Å². The number of nitrogens with zero attached hydrogens (tertiary/aromatic N) is 2. The van der Waals surface area contributed by atoms with Gasteiger partial charge in [-0.1, -0.05) is 17.3 Å². The zero-order valence-corrected chi connectivity index (χ0v) is 16.1. The number of benzene rings is 2. The summed E-state index contributed by atoms with van der Waals surface area (Å²) in [5, 5.41) is 3.90. The van der Waals surface area contributed by atoms with Crippen LogP contribution in [0.2, 0.25) is 0 Å². The quantitative estimate of drug-likeness (QED) is 0.298. The highest BCUT2D eigenvalue weighted by atomic mass is 16.7. The third-order valence-corrected chi connectivity index (χ3v) is 4.63. The molecule has 2 aromatic carbocycles. The molecule has 9 heteroatoms. The Hall–Kier alpha value is -3.88. The van der Waals surface area contributed by atoms with Crippen molar-refractivity contribution in [3.8, 4) is 11.5 Å². The van der Waals surface area contributed by atoms with Crippen molar-refractivity contribution in [2.24, 2.45) is 5.16 Å². The molecule has 2 heterocycles. The molecule has 0 atom stereocenters. The Morgan fingerprint density at radius 3 is 2.50 bits per heavy atom. The van der Waals surface area contributed by atoms with Crippen LogP contribution in [0, 0.1) is 0 Å². The average molecular weight is 410 g/mol. The molecule has 2 aromatic rings. The second-order valence-corrected chi connectivity index (χ2v) is 6.55. The smallest absolute Gasteiger partial charge is 0.347 e. The minimum atomic E-state index is -0.658. The van der Waals surface area contributed by atoms with Gasteiger partial charge in [-0.3, -0.25) is 14.5 Å². The van der Waals surface area contributed by atoms with Crippen LogP contribution in [0.25, 0.3) is 0 Å². The lowest BCUT2D eigenvalue weighted by Gasteiger charge is -2.13. The highest BCUT2D eigenvalue weighted by Gasteiger charge is 2.34. The van der Waals surface area contributed by atoms with E-state index in [1.807, 2.05) is 0 Å². The maximum Gasteiger partial charge on any atom is 0.347 e. The van der Waals surface area contributed by atoms with Crippen LogP contribution in [0.15, 0.2) is 47.6 Å². The lowest BCUT2D eigenvalue weighted by molar-refractivity contribution is -0.149. The molecule has 0 saturated heterocycles. The molecule has 2 aliphatic heterocycles. The zero-order valence-electron chi connectivity index (χ0n) is 16.1. The van der Waals surface area contributed by atoms with E-state index in [0.717, 1.165) is 10.5 Å². The lowest BCUT2D eigenvalue weighted by atomic mass is 10.1. The van der Waals surface area contributed by atoms with Crippen molar-refractivity contribution in [1.29, 1.82) is 0 Å². The predicted octanol–water partition coefficient (Wildman–Crippen LogP) is 2.00. The fraction of sp³-hybridized carbons (Fsp3) is 0.238. The summed E-state index contributed by atoms with van der Waals surface area (Å²) < 4.78 is 15.6. The summed E-state index contributed by atoms with van der Waals surface area (Å²) in [7, 11) is 0. The highest BCUT2D eigenvalue weighted by molar-refractivity contribution is 6.21. The van der Waals surface area contributed by atoms with E-state index in [4.69, 9.17) is 19.0 Å². The monoisotopic (exact) mass is 410 g/mol. The van der Waals surface area contributed by atoms with Gasteiger partial charge in [0, 0.05) is 5.56 Å². The van der Waals surface area contributed by atoms with E-state index in [1.165, 1.54) is 0 Å². The summed E-state index contributed by atoms with van der Waals surface area (Å²) in [5.41, 5.74) is 2.02. The maximum absolute atomic E-state index is 12.2. The van der Waals surface area contributed by atoms with Gasteiger partial charge in [0.05, 0.1) is 23.4 Å². The lowest BCUT2D eigenvalue weighted by Crippen LogP contribution is -2.33. The summed E-state index contributed by atoms with van der Waals surface area (Å²) in [4.78, 5) is 42.4. The van der Waals surface area contributed by atoms with Gasteiger partial charge in [-0.15, -0.1) is 0 Å². The van der Waals surface area contributed by atoms with Crippen molar-refractivity contribution in [2.75, 3.05) is 26.6 Å². The van der Waals surface area contributed by atoms with E-state index in [0.29, 0.717) is 28.3 Å². The van der Waals surface area contributed by atoms with Crippen LogP contribution < -0.4 is 9.47 Å². The Morgan fingerprint density at radius 2 is 1.77 bits per heavy atom. The normalized spacial score (nSPS) is 14.7. The Morgan fingerprint density at radius 1 is 1.07 bits per heavy atom. The van der Waals surface area contributed by atoms with Gasteiger partial charge < -0.3 is 19.0 Å². The molecular weight excluding hydrogens is 392 g/mol. The van der Waals surface area contributed by atoms with Crippen LogP contribution in [0.5, 0.6) is 11.5 Å². The van der Waals surface area contributed by atoms with Gasteiger partial charge in [-0.2, -0.15) is 0 Å². The van der Waals surface area contributed by atoms with E-state index in [2.05, 4.69) is 5.16 Å². The fourth-order valence-corrected chi connectivity index (χ4v) is 3.09. The highest BCUT2D eigenvalue weighted by Crippen LogP contribution is 2.32. The number of hydrogen-bond donors (Lipinski definition) is 0. The van der Waals surface area contributed by atoms with Gasteiger partial charge in [0.15, 0.2) is 11.5 Å². The summed E-state index contributed by atoms with van der Waals surface area (Å²) >= 11 is 0. The molecule has 0 radical (unpaired) electrons. The summed E-state index contributed by atoms with van der Waals surface area (Å²) in [6, 6.07) is 11.9. The number of rotatable bonds is 7. The summed E-state index contributed by atoms with van der Waals surface area (Å²) in [5.74, 6) is -0.170. The maximum atomic E-state index is 12.2. The molecule has 9 nitrogen and oxygen atoms in total. The molecule has 2 amide bonds. The molecule has 154 valence electrons. The van der Waals surface area contributed by atoms with Gasteiger partial charge in [0.25, 0.3) is 11.8 Å². The second kappa shape index (κ2) is 8.24. The molecule has 0 aliphatic carbocycles. The van der Waals surface area contributed by atoms with E-state index in [-0.39, 0.29) is 19.9 Å². The molecule has 0 aromatic heterocycles. The molecule has 0 fully saturated rings. The van der Waals surface area contributed by atoms with Crippen molar-refractivity contribution in [3.05, 3.63) is 59.2 Å². The number of ether oxygens (including phenoxy) is 3. The van der Waals surface area contributed by atoms with Crippen LogP contribution in [-0.2, 0) is 14.4 Å². The number of carbonyl (C=O) groups is 3. The first-order valence-electron chi connectivity index (χ1n) is 9.22. The second-order valence-electron chi connectivity index (χ2n) is 6.55. The molecule has 0 spiro atoms. The number of oxime groups is 1. The van der Waals surface area contributed by atoms with Gasteiger partial charge in [-0.05, 0) is 37.3 Å². The fourth-order valence-electron chi connectivity index (χ4n) is 3.09. The number of fused-ring (bicyclic) bond motifs is 2. The third-order valence-electron chi connectivity index (χ3n) is 4.63. The van der Waals surface area contributed by atoms with Gasteiger partial charge >= 0.3 is 5.97 Å². The first kappa shape index (κ1) is 19.4. The van der Waals surface area contributed by atoms with Crippen molar-refractivity contribution < 1.29 is 33.4 Å². The van der Waals surface area contributed by atoms with Crippen molar-refractivity contribution in [2.45, 2.75) is 6.92 Å². The Labute approximate surface area is 171 Å². The Kier molecular flexibility index (Phi) is 5.34. The van der Waals surface area contributed by atoms with E-state index >= 15 is 0 Å². The van der Waals surface area contributed by atoms with Crippen molar-refractivity contribution in [3.63, 3.8) is 0 Å². The Balaban J connectivity index is 1.23. The molecule has 0 unspecified atom stereocenters. The minimum Gasteiger partial charge on any atom is -0.461 e. The third kappa shape index (κ3) is 3.82. The standard InChI is InChI=1S/C21H18N2O7/c1-13(14-6-7-17-18(10-14)29-12-28-17)22-30-11-19(24)27-9-8-23-20(25)15-4-2-3-5-16(15)21(23)26/h2-7,10H,8-9,11-12H2,1H3/b22-13-. The SMILES string of the molecule is C/C(=N/OCC(=O)OCCN1C(=O)c2ccccc2C1=O)c1ccc2c(c1)OCO2. The van der Waals surface area contributed by atoms with Gasteiger partial charge in [0.1, 0.15) is 6.61 Å². The molecule has 0 N–H and O–H groups in total. The van der Waals surface area contributed by atoms with Crippen LogP contribution in [0.3, 0.4) is 0 Å². The number of amides is 2. The molecular formula is C21H18N2O7. The molecule has 30 heavy (non-hydrogen) atoms. The van der Waals surface area contributed by atoms with E-state index in [9.17, 15) is 14.4 Å². The first-order chi connectivity index (χ1) is 14.5. The molecule has 0 saturated carbocycles. The zero-order chi connectivity index (χ0) is 21.1. The average Bonchev–Trinajstić information content (AvgIpc) is 3.32. The number of esters is 1. The van der Waals surface area contributed by atoms with E-state index < -0.39 is 24.4 Å². The van der Waals surface area contributed by atoms with E-state index in [1.54, 1.807) is 49.4 Å². The van der Waals surface area contributed by atoms with Gasteiger partial charge in [-0.25, -0.2) is 4.79 Å². The summed E-state index contributed by atoms with van der Waals surface area (Å²) in [6.45, 7) is 1.35. The Bertz CT molecular complexity index is 1010. The van der Waals surface area contributed by atoms with Crippen molar-refractivity contribution >= 4 is 23.5 Å². The first-order valence-corrected chi connectivity index (χ1v) is 9.22. The molecule has 4 rings (SSSR count).